The molecule has 0 saturated heterocycles. The summed E-state index contributed by atoms with van der Waals surface area (Å²) in [5.74, 6) is 0. The van der Waals surface area contributed by atoms with E-state index in [0.29, 0.717) is 6.04 Å². The van der Waals surface area contributed by atoms with Crippen molar-refractivity contribution in [2.45, 2.75) is 53.2 Å². The summed E-state index contributed by atoms with van der Waals surface area (Å²) in [6.45, 7) is 10.3. The minimum absolute atomic E-state index is 0.491. The van der Waals surface area contributed by atoms with Gasteiger partial charge >= 0.3 is 0 Å². The number of pyridine rings is 1. The first kappa shape index (κ1) is 14.7. The molecule has 0 aliphatic rings. The lowest BCUT2D eigenvalue weighted by molar-refractivity contribution is 0.576. The van der Waals surface area contributed by atoms with Crippen LogP contribution in [0.1, 0.15) is 36.5 Å². The van der Waals surface area contributed by atoms with Crippen molar-refractivity contribution in [3.63, 3.8) is 0 Å². The Hall–Kier alpha value is -1.68. The molecule has 2 aromatic rings. The molecule has 0 atom stereocenters. The van der Waals surface area contributed by atoms with E-state index in [9.17, 15) is 0 Å². The molecule has 108 valence electrons. The fourth-order valence-corrected chi connectivity index (χ4v) is 2.28. The molecule has 0 amide bonds. The van der Waals surface area contributed by atoms with Crippen molar-refractivity contribution in [2.24, 2.45) is 0 Å². The lowest BCUT2D eigenvalue weighted by Gasteiger charge is -2.09. The molecule has 0 saturated carbocycles. The molecule has 2 rings (SSSR count). The van der Waals surface area contributed by atoms with Crippen LogP contribution in [0.15, 0.2) is 24.4 Å². The van der Waals surface area contributed by atoms with Gasteiger partial charge < -0.3 is 5.32 Å². The van der Waals surface area contributed by atoms with Crippen molar-refractivity contribution in [3.05, 3.63) is 47.0 Å². The van der Waals surface area contributed by atoms with Crippen LogP contribution in [0.3, 0.4) is 0 Å². The largest absolute Gasteiger partial charge is 0.310 e. The summed E-state index contributed by atoms with van der Waals surface area (Å²) < 4.78 is 2.10. The number of aryl methyl sites for hydroxylation is 3. The van der Waals surface area contributed by atoms with Gasteiger partial charge in [0.25, 0.3) is 0 Å². The van der Waals surface area contributed by atoms with Crippen molar-refractivity contribution >= 4 is 0 Å². The van der Waals surface area contributed by atoms with Crippen LogP contribution in [0.2, 0.25) is 0 Å². The summed E-state index contributed by atoms with van der Waals surface area (Å²) in [6, 6.07) is 6.53. The molecule has 0 radical (unpaired) electrons. The highest BCUT2D eigenvalue weighted by molar-refractivity contribution is 5.24. The number of nitrogens with one attached hydrogen (secondary N) is 1. The van der Waals surface area contributed by atoms with Crippen LogP contribution >= 0.6 is 0 Å². The van der Waals surface area contributed by atoms with Crippen LogP contribution in [0.4, 0.5) is 0 Å². The normalized spacial score (nSPS) is 11.2. The van der Waals surface area contributed by atoms with Crippen LogP contribution in [-0.4, -0.2) is 20.8 Å². The molecule has 2 heterocycles. The lowest BCUT2D eigenvalue weighted by Crippen LogP contribution is -2.22. The minimum atomic E-state index is 0.491. The molecule has 0 fully saturated rings. The van der Waals surface area contributed by atoms with Gasteiger partial charge in [-0.05, 0) is 26.0 Å². The van der Waals surface area contributed by atoms with Gasteiger partial charge in [-0.2, -0.15) is 5.10 Å². The Balaban J connectivity index is 2.04. The van der Waals surface area contributed by atoms with E-state index in [1.54, 1.807) is 0 Å². The fourth-order valence-electron chi connectivity index (χ4n) is 2.28. The Kier molecular flexibility index (Phi) is 4.90. The molecular formula is C16H24N4. The van der Waals surface area contributed by atoms with Gasteiger partial charge in [0.15, 0.2) is 0 Å². The Morgan fingerprint density at radius 3 is 2.70 bits per heavy atom. The minimum Gasteiger partial charge on any atom is -0.310 e. The van der Waals surface area contributed by atoms with Crippen LogP contribution in [0, 0.1) is 13.8 Å². The van der Waals surface area contributed by atoms with Crippen LogP contribution < -0.4 is 5.32 Å². The van der Waals surface area contributed by atoms with Gasteiger partial charge in [-0.3, -0.25) is 9.67 Å². The van der Waals surface area contributed by atoms with E-state index in [0.717, 1.165) is 30.9 Å². The molecular weight excluding hydrogens is 248 g/mol. The Bertz CT molecular complexity index is 543. The zero-order valence-electron chi connectivity index (χ0n) is 12.8. The predicted octanol–water partition coefficient (Wildman–Crippen LogP) is 2.64. The number of aromatic nitrogens is 3. The predicted molar refractivity (Wildman–Crippen MR) is 81.6 cm³/mol. The molecule has 0 spiro atoms. The fraction of sp³-hybridized carbons (Fsp3) is 0.500. The second kappa shape index (κ2) is 6.66. The van der Waals surface area contributed by atoms with Gasteiger partial charge in [0.05, 0.1) is 5.69 Å². The molecule has 1 N–H and O–H groups in total. The lowest BCUT2D eigenvalue weighted by atomic mass is 10.2. The van der Waals surface area contributed by atoms with E-state index in [-0.39, 0.29) is 0 Å². The number of nitrogens with zero attached hydrogens (tertiary/aromatic N) is 3. The van der Waals surface area contributed by atoms with Crippen LogP contribution in [0.5, 0.6) is 0 Å². The van der Waals surface area contributed by atoms with Gasteiger partial charge in [0, 0.05) is 48.7 Å². The topological polar surface area (TPSA) is 42.7 Å². The average molecular weight is 272 g/mol. The summed E-state index contributed by atoms with van der Waals surface area (Å²) >= 11 is 0. The number of rotatable bonds is 6. The average Bonchev–Trinajstić information content (AvgIpc) is 2.70. The molecule has 0 aliphatic carbocycles. The van der Waals surface area contributed by atoms with Gasteiger partial charge in [-0.25, -0.2) is 0 Å². The zero-order chi connectivity index (χ0) is 14.5. The molecule has 0 aliphatic heterocycles. The number of hydrogen-bond acceptors (Lipinski definition) is 3. The van der Waals surface area contributed by atoms with Crippen LogP contribution in [0.25, 0.3) is 0 Å². The first-order valence-electron chi connectivity index (χ1n) is 7.24. The molecule has 4 heteroatoms. The molecule has 20 heavy (non-hydrogen) atoms. The van der Waals surface area contributed by atoms with E-state index >= 15 is 0 Å². The van der Waals surface area contributed by atoms with Crippen molar-refractivity contribution in [1.29, 1.82) is 0 Å². The molecule has 2 aromatic heterocycles. The summed E-state index contributed by atoms with van der Waals surface area (Å²) in [7, 11) is 0. The molecule has 4 nitrogen and oxygen atoms in total. The van der Waals surface area contributed by atoms with Crippen molar-refractivity contribution < 1.29 is 0 Å². The van der Waals surface area contributed by atoms with E-state index in [4.69, 9.17) is 0 Å². The third kappa shape index (κ3) is 3.67. The second-order valence-electron chi connectivity index (χ2n) is 5.48. The van der Waals surface area contributed by atoms with Crippen molar-refractivity contribution in [3.8, 4) is 0 Å². The van der Waals surface area contributed by atoms with Gasteiger partial charge in [0.1, 0.15) is 0 Å². The number of hydrogen-bond donors (Lipinski definition) is 1. The highest BCUT2D eigenvalue weighted by atomic mass is 15.3. The quantitative estimate of drug-likeness (QED) is 0.879. The van der Waals surface area contributed by atoms with Crippen molar-refractivity contribution in [2.75, 3.05) is 0 Å². The summed E-state index contributed by atoms with van der Waals surface area (Å²) in [5, 5.41) is 8.12. The highest BCUT2D eigenvalue weighted by Gasteiger charge is 2.11. The second-order valence-corrected chi connectivity index (χ2v) is 5.48. The third-order valence-corrected chi connectivity index (χ3v) is 3.52. The maximum Gasteiger partial charge on any atom is 0.0641 e. The smallest absolute Gasteiger partial charge is 0.0641 e. The van der Waals surface area contributed by atoms with E-state index < -0.39 is 0 Å². The first-order valence-corrected chi connectivity index (χ1v) is 7.24. The molecule has 0 bridgehead atoms. The standard InChI is InChI=1S/C16H24N4/c1-12(2)18-11-16-13(3)19-20(14(16)4)10-8-15-7-5-6-9-17-15/h5-7,9,12,18H,8,10-11H2,1-4H3. The van der Waals surface area contributed by atoms with Gasteiger partial charge in [-0.15, -0.1) is 0 Å². The molecule has 0 aromatic carbocycles. The maximum absolute atomic E-state index is 4.65. The van der Waals surface area contributed by atoms with Crippen molar-refractivity contribution in [1.82, 2.24) is 20.1 Å². The van der Waals surface area contributed by atoms with Crippen LogP contribution in [-0.2, 0) is 19.5 Å². The SMILES string of the molecule is Cc1nn(CCc2ccccn2)c(C)c1CNC(C)C. The highest BCUT2D eigenvalue weighted by Crippen LogP contribution is 2.13. The summed E-state index contributed by atoms with van der Waals surface area (Å²) in [5.41, 5.74) is 4.81. The van der Waals surface area contributed by atoms with Gasteiger partial charge in [-0.1, -0.05) is 19.9 Å². The summed E-state index contributed by atoms with van der Waals surface area (Å²) in [4.78, 5) is 4.36. The monoisotopic (exact) mass is 272 g/mol. The summed E-state index contributed by atoms with van der Waals surface area (Å²) in [6.07, 6.45) is 2.76. The Morgan fingerprint density at radius 1 is 1.25 bits per heavy atom. The zero-order valence-corrected chi connectivity index (χ0v) is 12.8. The maximum atomic E-state index is 4.65. The van der Waals surface area contributed by atoms with E-state index in [2.05, 4.69) is 53.8 Å². The Morgan fingerprint density at radius 2 is 2.05 bits per heavy atom. The van der Waals surface area contributed by atoms with E-state index in [1.807, 2.05) is 18.3 Å². The van der Waals surface area contributed by atoms with Gasteiger partial charge in [0.2, 0.25) is 0 Å². The van der Waals surface area contributed by atoms with E-state index in [1.165, 1.54) is 11.3 Å². The third-order valence-electron chi connectivity index (χ3n) is 3.52. The molecule has 0 unspecified atom stereocenters. The first-order chi connectivity index (χ1) is 9.58. The Labute approximate surface area is 121 Å².